The van der Waals surface area contributed by atoms with E-state index in [2.05, 4.69) is 43.4 Å². The average Bonchev–Trinajstić information content (AvgIpc) is 3.56. The van der Waals surface area contributed by atoms with Crippen molar-refractivity contribution in [1.82, 2.24) is 15.1 Å². The molecular formula is C32H46N4O4. The van der Waals surface area contributed by atoms with Gasteiger partial charge in [0.1, 0.15) is 11.6 Å². The van der Waals surface area contributed by atoms with E-state index < -0.39 is 29.6 Å². The highest BCUT2D eigenvalue weighted by Gasteiger charge is 2.72. The van der Waals surface area contributed by atoms with Gasteiger partial charge in [0.05, 0.1) is 17.9 Å². The lowest BCUT2D eigenvalue weighted by Crippen LogP contribution is -2.58. The highest BCUT2D eigenvalue weighted by Crippen LogP contribution is 2.55. The second-order valence-electron chi connectivity index (χ2n) is 12.6. The Labute approximate surface area is 238 Å². The second kappa shape index (κ2) is 11.6. The number of nitrogens with zero attached hydrogens (tertiary/aromatic N) is 2. The lowest BCUT2D eigenvalue weighted by atomic mass is 9.73. The van der Waals surface area contributed by atoms with Crippen molar-refractivity contribution in [2.45, 2.75) is 83.6 Å². The molecule has 2 saturated heterocycles. The summed E-state index contributed by atoms with van der Waals surface area (Å²) in [6.45, 7) is 10.6. The third-order valence-electron chi connectivity index (χ3n) is 9.86. The standard InChI is InChI=1S/C32H46N4O4/c1-6-7-16-35(5)17-18-36-28(30(38)34-24-13-9-11-21(3)22(24)4)32-15-14-25(40-32)26(27(32)31(36)39)29(37)33-23-12-8-10-20(2)19-23/h8,10,12,14-15,19,21-22,24-28H,6-7,9,11,13,16-18H2,1-5H3,(H,33,37)(H,34,38)/t21-,22-,24-,25+,26-,27+,28+,32+/m1/s1. The third kappa shape index (κ3) is 5.20. The zero-order chi connectivity index (χ0) is 28.6. The Morgan fingerprint density at radius 2 is 1.98 bits per heavy atom. The zero-order valence-electron chi connectivity index (χ0n) is 24.7. The third-order valence-corrected chi connectivity index (χ3v) is 9.86. The number of amides is 3. The van der Waals surface area contributed by atoms with E-state index in [4.69, 9.17) is 4.74 Å². The van der Waals surface area contributed by atoms with E-state index in [0.29, 0.717) is 30.6 Å². The van der Waals surface area contributed by atoms with Crippen LogP contribution in [0.1, 0.15) is 58.4 Å². The van der Waals surface area contributed by atoms with E-state index >= 15 is 0 Å². The van der Waals surface area contributed by atoms with Gasteiger partial charge in [-0.1, -0.05) is 64.3 Å². The predicted octanol–water partition coefficient (Wildman–Crippen LogP) is 3.76. The number of likely N-dealkylation sites (N-methyl/N-ethyl adjacent to an activating group) is 1. The lowest BCUT2D eigenvalue weighted by molar-refractivity contribution is -0.141. The van der Waals surface area contributed by atoms with Gasteiger partial charge in [-0.3, -0.25) is 14.4 Å². The molecule has 40 heavy (non-hydrogen) atoms. The number of hydrogen-bond donors (Lipinski definition) is 2. The maximum Gasteiger partial charge on any atom is 0.246 e. The van der Waals surface area contributed by atoms with Crippen molar-refractivity contribution < 1.29 is 19.1 Å². The maximum atomic E-state index is 14.2. The minimum atomic E-state index is -1.13. The van der Waals surface area contributed by atoms with Crippen molar-refractivity contribution in [3.05, 3.63) is 42.0 Å². The number of anilines is 1. The highest BCUT2D eigenvalue weighted by molar-refractivity contribution is 6.02. The molecule has 2 N–H and O–H groups in total. The number of likely N-dealkylation sites (tertiary alicyclic amines) is 1. The topological polar surface area (TPSA) is 91.0 Å². The molecule has 3 aliphatic heterocycles. The van der Waals surface area contributed by atoms with E-state index in [9.17, 15) is 14.4 Å². The van der Waals surface area contributed by atoms with Crippen LogP contribution in [0.5, 0.6) is 0 Å². The van der Waals surface area contributed by atoms with Gasteiger partial charge in [-0.15, -0.1) is 0 Å². The number of ether oxygens (including phenoxy) is 1. The molecule has 1 aromatic rings. The molecule has 0 unspecified atom stereocenters. The van der Waals surface area contributed by atoms with Crippen LogP contribution in [0.4, 0.5) is 5.69 Å². The smallest absolute Gasteiger partial charge is 0.246 e. The van der Waals surface area contributed by atoms with Crippen LogP contribution in [-0.4, -0.2) is 78.0 Å². The van der Waals surface area contributed by atoms with Crippen LogP contribution in [-0.2, 0) is 19.1 Å². The van der Waals surface area contributed by atoms with Gasteiger partial charge in [0.2, 0.25) is 17.7 Å². The summed E-state index contributed by atoms with van der Waals surface area (Å²) in [7, 11) is 2.05. The molecule has 1 spiro atoms. The van der Waals surface area contributed by atoms with Crippen LogP contribution in [0, 0.1) is 30.6 Å². The van der Waals surface area contributed by atoms with Gasteiger partial charge in [0.25, 0.3) is 0 Å². The number of carbonyl (C=O) groups is 3. The minimum Gasteiger partial charge on any atom is -0.359 e. The fourth-order valence-electron chi connectivity index (χ4n) is 7.32. The second-order valence-corrected chi connectivity index (χ2v) is 12.6. The van der Waals surface area contributed by atoms with Crippen molar-refractivity contribution in [2.75, 3.05) is 32.0 Å². The summed E-state index contributed by atoms with van der Waals surface area (Å²) in [5.74, 6) is -1.09. The molecule has 3 heterocycles. The predicted molar refractivity (Wildman–Crippen MR) is 156 cm³/mol. The fraction of sp³-hybridized carbons (Fsp3) is 0.656. The average molecular weight is 551 g/mol. The fourth-order valence-corrected chi connectivity index (χ4v) is 7.32. The summed E-state index contributed by atoms with van der Waals surface area (Å²) >= 11 is 0. The van der Waals surface area contributed by atoms with Crippen LogP contribution >= 0.6 is 0 Å². The molecule has 1 aromatic carbocycles. The molecule has 8 atom stereocenters. The number of nitrogens with one attached hydrogen (secondary N) is 2. The Kier molecular flexibility index (Phi) is 8.39. The number of rotatable bonds is 10. The number of fused-ring (bicyclic) bond motifs is 1. The van der Waals surface area contributed by atoms with Crippen LogP contribution in [0.15, 0.2) is 36.4 Å². The number of unbranched alkanes of at least 4 members (excludes halogenated alkanes) is 1. The summed E-state index contributed by atoms with van der Waals surface area (Å²) in [5, 5.41) is 6.35. The van der Waals surface area contributed by atoms with Crippen molar-refractivity contribution in [2.24, 2.45) is 23.7 Å². The Bertz CT molecular complexity index is 1150. The number of benzene rings is 1. The molecule has 0 radical (unpaired) electrons. The SMILES string of the molecule is CCCCN(C)CCN1C(=O)[C@@H]2[C@H](C(=O)Nc3cccc(C)c3)[C@@H]3C=C[C@@]2(O3)[C@@H]1C(=O)N[C@@H]1CCC[C@@H](C)[C@H]1C. The van der Waals surface area contributed by atoms with E-state index in [1.807, 2.05) is 43.3 Å². The zero-order valence-corrected chi connectivity index (χ0v) is 24.7. The van der Waals surface area contributed by atoms with E-state index in [1.54, 1.807) is 4.90 Å². The largest absolute Gasteiger partial charge is 0.359 e. The van der Waals surface area contributed by atoms with Crippen molar-refractivity contribution in [1.29, 1.82) is 0 Å². The molecule has 218 valence electrons. The Balaban J connectivity index is 1.41. The van der Waals surface area contributed by atoms with Crippen LogP contribution in [0.3, 0.4) is 0 Å². The first-order valence-corrected chi connectivity index (χ1v) is 15.2. The Morgan fingerprint density at radius 3 is 2.73 bits per heavy atom. The first-order valence-electron chi connectivity index (χ1n) is 15.2. The molecule has 3 amide bonds. The molecule has 8 heteroatoms. The highest BCUT2D eigenvalue weighted by atomic mass is 16.5. The van der Waals surface area contributed by atoms with E-state index in [1.165, 1.54) is 6.42 Å². The van der Waals surface area contributed by atoms with E-state index in [-0.39, 0.29) is 23.8 Å². The number of aryl methyl sites for hydroxylation is 1. The van der Waals surface area contributed by atoms with Crippen molar-refractivity contribution >= 4 is 23.4 Å². The van der Waals surface area contributed by atoms with Crippen molar-refractivity contribution in [3.8, 4) is 0 Å². The summed E-state index contributed by atoms with van der Waals surface area (Å²) < 4.78 is 6.51. The first-order chi connectivity index (χ1) is 19.2. The van der Waals surface area contributed by atoms with Gasteiger partial charge in [-0.25, -0.2) is 0 Å². The normalized spacial score (nSPS) is 34.4. The van der Waals surface area contributed by atoms with Crippen LogP contribution in [0.2, 0.25) is 0 Å². The lowest BCUT2D eigenvalue weighted by Gasteiger charge is -2.38. The molecular weight excluding hydrogens is 504 g/mol. The van der Waals surface area contributed by atoms with Gasteiger partial charge < -0.3 is 25.2 Å². The molecule has 3 fully saturated rings. The summed E-state index contributed by atoms with van der Waals surface area (Å²) in [5.41, 5.74) is 0.600. The molecule has 5 rings (SSSR count). The first kappa shape index (κ1) is 28.8. The van der Waals surface area contributed by atoms with E-state index in [0.717, 1.165) is 37.8 Å². The molecule has 1 aliphatic carbocycles. The monoisotopic (exact) mass is 550 g/mol. The summed E-state index contributed by atoms with van der Waals surface area (Å²) in [6.07, 6.45) is 8.61. The summed E-state index contributed by atoms with van der Waals surface area (Å²) in [6, 6.07) is 6.90. The van der Waals surface area contributed by atoms with Gasteiger partial charge >= 0.3 is 0 Å². The van der Waals surface area contributed by atoms with Gasteiger partial charge in [-0.2, -0.15) is 0 Å². The molecule has 2 bridgehead atoms. The van der Waals surface area contributed by atoms with Gasteiger partial charge in [0.15, 0.2) is 0 Å². The van der Waals surface area contributed by atoms with Crippen LogP contribution in [0.25, 0.3) is 0 Å². The maximum absolute atomic E-state index is 14.2. The Hall–Kier alpha value is -2.71. The minimum absolute atomic E-state index is 0.0684. The molecule has 0 aromatic heterocycles. The number of carbonyl (C=O) groups excluding carboxylic acids is 3. The molecule has 4 aliphatic rings. The molecule has 1 saturated carbocycles. The Morgan fingerprint density at radius 1 is 1.18 bits per heavy atom. The number of hydrogen-bond acceptors (Lipinski definition) is 5. The van der Waals surface area contributed by atoms with Crippen LogP contribution < -0.4 is 10.6 Å². The van der Waals surface area contributed by atoms with Gasteiger partial charge in [-0.05, 0) is 62.9 Å². The van der Waals surface area contributed by atoms with Crippen molar-refractivity contribution in [3.63, 3.8) is 0 Å². The molecule has 8 nitrogen and oxygen atoms in total. The van der Waals surface area contributed by atoms with Gasteiger partial charge in [0, 0.05) is 24.8 Å². The quantitative estimate of drug-likeness (QED) is 0.433. The summed E-state index contributed by atoms with van der Waals surface area (Å²) in [4.78, 5) is 45.9.